The molecule has 0 amide bonds. The summed E-state index contributed by atoms with van der Waals surface area (Å²) in [6.07, 6.45) is 1.64. The number of hydrogen-bond acceptors (Lipinski definition) is 3. The van der Waals surface area contributed by atoms with Gasteiger partial charge in [0.1, 0.15) is 12.4 Å². The molecule has 0 bridgehead atoms. The van der Waals surface area contributed by atoms with Gasteiger partial charge >= 0.3 is 0 Å². The van der Waals surface area contributed by atoms with E-state index in [-0.39, 0.29) is 17.1 Å². The van der Waals surface area contributed by atoms with Gasteiger partial charge in [-0.25, -0.2) is 12.8 Å². The highest BCUT2D eigenvalue weighted by Crippen LogP contribution is 2.24. The Labute approximate surface area is 124 Å². The van der Waals surface area contributed by atoms with Crippen molar-refractivity contribution in [3.05, 3.63) is 29.6 Å². The minimum absolute atomic E-state index is 0.0518. The molecule has 6 heteroatoms. The molecule has 2 rings (SSSR count). The van der Waals surface area contributed by atoms with E-state index in [0.717, 1.165) is 18.9 Å². The van der Waals surface area contributed by atoms with Gasteiger partial charge < -0.3 is 5.11 Å². The highest BCUT2D eigenvalue weighted by molar-refractivity contribution is 7.89. The summed E-state index contributed by atoms with van der Waals surface area (Å²) in [5, 5.41) is 8.60. The Kier molecular flexibility index (Phi) is 4.99. The van der Waals surface area contributed by atoms with Crippen molar-refractivity contribution in [3.8, 4) is 11.8 Å². The van der Waals surface area contributed by atoms with Gasteiger partial charge in [0.25, 0.3) is 0 Å². The number of piperidine rings is 1. The van der Waals surface area contributed by atoms with E-state index < -0.39 is 15.8 Å². The first kappa shape index (κ1) is 16.0. The second-order valence-corrected chi connectivity index (χ2v) is 7.13. The van der Waals surface area contributed by atoms with E-state index in [1.165, 1.54) is 16.4 Å². The van der Waals surface area contributed by atoms with Gasteiger partial charge in [-0.2, -0.15) is 4.31 Å². The quantitative estimate of drug-likeness (QED) is 0.844. The van der Waals surface area contributed by atoms with E-state index in [0.29, 0.717) is 19.0 Å². The second kappa shape index (κ2) is 6.56. The van der Waals surface area contributed by atoms with Crippen LogP contribution in [0.3, 0.4) is 0 Å². The zero-order chi connectivity index (χ0) is 15.5. The number of rotatable bonds is 2. The molecular formula is C15H18FNO3S. The molecule has 1 aromatic carbocycles. The first-order chi connectivity index (χ1) is 9.95. The molecule has 0 unspecified atom stereocenters. The molecule has 0 aromatic heterocycles. The molecule has 0 saturated carbocycles. The predicted octanol–water partition coefficient (Wildman–Crippen LogP) is 1.59. The lowest BCUT2D eigenvalue weighted by molar-refractivity contribution is 0.288. The van der Waals surface area contributed by atoms with Crippen LogP contribution in [-0.2, 0) is 10.0 Å². The van der Waals surface area contributed by atoms with Crippen LogP contribution >= 0.6 is 0 Å². The molecule has 1 aliphatic rings. The van der Waals surface area contributed by atoms with Crippen LogP contribution in [0.4, 0.5) is 4.39 Å². The van der Waals surface area contributed by atoms with E-state index in [1.54, 1.807) is 0 Å². The van der Waals surface area contributed by atoms with Crippen LogP contribution < -0.4 is 0 Å². The van der Waals surface area contributed by atoms with Gasteiger partial charge in [-0.05, 0) is 37.0 Å². The zero-order valence-corrected chi connectivity index (χ0v) is 12.7. The summed E-state index contributed by atoms with van der Waals surface area (Å²) >= 11 is 0. The maximum absolute atomic E-state index is 13.9. The van der Waals surface area contributed by atoms with Crippen LogP contribution in [0.2, 0.25) is 0 Å². The molecule has 21 heavy (non-hydrogen) atoms. The van der Waals surface area contributed by atoms with Crippen molar-refractivity contribution in [1.82, 2.24) is 4.31 Å². The average molecular weight is 311 g/mol. The lowest BCUT2D eigenvalue weighted by atomic mass is 10.0. The Morgan fingerprint density at radius 1 is 1.38 bits per heavy atom. The Morgan fingerprint density at radius 3 is 2.62 bits per heavy atom. The molecule has 0 spiro atoms. The summed E-state index contributed by atoms with van der Waals surface area (Å²) in [6, 6.07) is 3.68. The fourth-order valence-corrected chi connectivity index (χ4v) is 3.75. The molecule has 4 nitrogen and oxygen atoms in total. The Hall–Kier alpha value is -1.42. The van der Waals surface area contributed by atoms with Crippen LogP contribution in [0.25, 0.3) is 0 Å². The maximum Gasteiger partial charge on any atom is 0.243 e. The summed E-state index contributed by atoms with van der Waals surface area (Å²) in [5.41, 5.74) is 0.0790. The zero-order valence-electron chi connectivity index (χ0n) is 11.8. The smallest absolute Gasteiger partial charge is 0.243 e. The molecule has 1 fully saturated rings. The Bertz CT molecular complexity index is 668. The van der Waals surface area contributed by atoms with E-state index in [4.69, 9.17) is 5.11 Å². The summed E-state index contributed by atoms with van der Waals surface area (Å²) < 4.78 is 40.2. The van der Waals surface area contributed by atoms with Crippen molar-refractivity contribution in [2.24, 2.45) is 5.92 Å². The van der Waals surface area contributed by atoms with Gasteiger partial charge in [-0.1, -0.05) is 18.8 Å². The molecule has 1 N–H and O–H groups in total. The standard InChI is InChI=1S/C15H18FNO3S/c1-12-6-8-17(9-7-12)21(19,20)14-5-4-13(3-2-10-18)15(16)11-14/h4-5,11-12,18H,6-10H2,1H3. The highest BCUT2D eigenvalue weighted by atomic mass is 32.2. The summed E-state index contributed by atoms with van der Waals surface area (Å²) in [4.78, 5) is -0.0518. The number of aliphatic hydroxyl groups is 1. The average Bonchev–Trinajstić information content (AvgIpc) is 2.46. The maximum atomic E-state index is 13.9. The van der Waals surface area contributed by atoms with Gasteiger partial charge in [-0.3, -0.25) is 0 Å². The number of hydrogen-bond donors (Lipinski definition) is 1. The van der Waals surface area contributed by atoms with E-state index in [9.17, 15) is 12.8 Å². The number of nitrogens with zero attached hydrogens (tertiary/aromatic N) is 1. The van der Waals surface area contributed by atoms with E-state index in [1.807, 2.05) is 0 Å². The van der Waals surface area contributed by atoms with E-state index >= 15 is 0 Å². The summed E-state index contributed by atoms with van der Waals surface area (Å²) in [6.45, 7) is 2.66. The lowest BCUT2D eigenvalue weighted by Gasteiger charge is -2.29. The van der Waals surface area contributed by atoms with Gasteiger partial charge in [-0.15, -0.1) is 0 Å². The Balaban J connectivity index is 2.26. The molecule has 0 atom stereocenters. The second-order valence-electron chi connectivity index (χ2n) is 5.19. The number of benzene rings is 1. The molecule has 1 aromatic rings. The predicted molar refractivity (Wildman–Crippen MR) is 77.5 cm³/mol. The SMILES string of the molecule is CC1CCN(S(=O)(=O)c2ccc(C#CCO)c(F)c2)CC1. The van der Waals surface area contributed by atoms with Gasteiger partial charge in [0.15, 0.2) is 0 Å². The van der Waals surface area contributed by atoms with Crippen LogP contribution in [0.1, 0.15) is 25.3 Å². The first-order valence-corrected chi connectivity index (χ1v) is 8.28. The van der Waals surface area contributed by atoms with Crippen molar-refractivity contribution >= 4 is 10.0 Å². The van der Waals surface area contributed by atoms with Crippen LogP contribution in [0.5, 0.6) is 0 Å². The monoisotopic (exact) mass is 311 g/mol. The van der Waals surface area contributed by atoms with Crippen LogP contribution in [0.15, 0.2) is 23.1 Å². The van der Waals surface area contributed by atoms with Crippen molar-refractivity contribution in [2.75, 3.05) is 19.7 Å². The van der Waals surface area contributed by atoms with Crippen molar-refractivity contribution in [3.63, 3.8) is 0 Å². The van der Waals surface area contributed by atoms with Gasteiger partial charge in [0.2, 0.25) is 10.0 Å². The minimum atomic E-state index is -3.65. The molecule has 1 aliphatic heterocycles. The van der Waals surface area contributed by atoms with Crippen LogP contribution in [0, 0.1) is 23.6 Å². The summed E-state index contributed by atoms with van der Waals surface area (Å²) in [7, 11) is -3.65. The number of aliphatic hydroxyl groups excluding tert-OH is 1. The molecule has 0 radical (unpaired) electrons. The minimum Gasteiger partial charge on any atom is -0.384 e. The number of halogens is 1. The normalized spacial score (nSPS) is 17.3. The molecule has 114 valence electrons. The summed E-state index contributed by atoms with van der Waals surface area (Å²) in [5.74, 6) is 4.61. The first-order valence-electron chi connectivity index (χ1n) is 6.84. The fourth-order valence-electron chi connectivity index (χ4n) is 2.27. The third-order valence-electron chi connectivity index (χ3n) is 3.62. The lowest BCUT2D eigenvalue weighted by Crippen LogP contribution is -2.37. The van der Waals surface area contributed by atoms with Crippen LogP contribution in [-0.4, -0.2) is 37.5 Å². The highest BCUT2D eigenvalue weighted by Gasteiger charge is 2.28. The van der Waals surface area contributed by atoms with Crippen molar-refractivity contribution in [2.45, 2.75) is 24.7 Å². The third kappa shape index (κ3) is 3.62. The Morgan fingerprint density at radius 2 is 2.05 bits per heavy atom. The van der Waals surface area contributed by atoms with Crippen molar-refractivity contribution in [1.29, 1.82) is 0 Å². The largest absolute Gasteiger partial charge is 0.384 e. The molecular weight excluding hydrogens is 293 g/mol. The topological polar surface area (TPSA) is 57.6 Å². The van der Waals surface area contributed by atoms with Gasteiger partial charge in [0, 0.05) is 13.1 Å². The third-order valence-corrected chi connectivity index (χ3v) is 5.52. The van der Waals surface area contributed by atoms with Gasteiger partial charge in [0.05, 0.1) is 10.5 Å². The molecule has 1 saturated heterocycles. The molecule has 0 aliphatic carbocycles. The van der Waals surface area contributed by atoms with E-state index in [2.05, 4.69) is 18.8 Å². The van der Waals surface area contributed by atoms with Crippen molar-refractivity contribution < 1.29 is 17.9 Å². The molecule has 1 heterocycles. The number of sulfonamides is 1. The fraction of sp³-hybridized carbons (Fsp3) is 0.467.